The summed E-state index contributed by atoms with van der Waals surface area (Å²) in [5, 5.41) is 42.1. The van der Waals surface area contributed by atoms with Crippen molar-refractivity contribution in [1.29, 1.82) is 0 Å². The lowest BCUT2D eigenvalue weighted by molar-refractivity contribution is -0.388. The molecule has 0 spiro atoms. The van der Waals surface area contributed by atoms with E-state index in [1.807, 2.05) is 36.9 Å². The normalized spacial score (nSPS) is 19.1. The highest BCUT2D eigenvalue weighted by molar-refractivity contribution is 5.85. The first-order valence-corrected chi connectivity index (χ1v) is 28.5. The average Bonchev–Trinajstić information content (AvgIpc) is 3.70. The van der Waals surface area contributed by atoms with Gasteiger partial charge in [-0.05, 0) is 125 Å². The van der Waals surface area contributed by atoms with E-state index >= 15 is 0 Å². The van der Waals surface area contributed by atoms with E-state index in [1.165, 1.54) is 28.6 Å². The average molecular weight is 1190 g/mol. The van der Waals surface area contributed by atoms with Crippen LogP contribution in [0.5, 0.6) is 0 Å². The quantitative estimate of drug-likeness (QED) is 0.0451. The highest BCUT2D eigenvalue weighted by Gasteiger charge is 2.40. The van der Waals surface area contributed by atoms with Gasteiger partial charge in [0, 0.05) is 98.7 Å². The number of aromatic nitrogens is 2. The molecule has 0 atom stereocenters. The number of alkyl halides is 6. The van der Waals surface area contributed by atoms with Crippen LogP contribution in [0.3, 0.4) is 0 Å². The molecule has 25 heteroatoms. The van der Waals surface area contributed by atoms with E-state index < -0.39 is 50.7 Å². The zero-order valence-corrected chi connectivity index (χ0v) is 47.9. The molecule has 4 N–H and O–H groups in total. The van der Waals surface area contributed by atoms with Gasteiger partial charge in [-0.3, -0.25) is 25.0 Å². The Morgan fingerprint density at radius 2 is 1.00 bits per heavy atom. The Hall–Kier alpha value is -7.90. The Morgan fingerprint density at radius 3 is 1.40 bits per heavy atom. The number of carbonyl (C=O) groups excluding carboxylic acids is 1. The molecule has 458 valence electrons. The lowest BCUT2D eigenvalue weighted by Gasteiger charge is -2.36. The summed E-state index contributed by atoms with van der Waals surface area (Å²) >= 11 is 0. The number of carboxylic acid groups (broad SMARTS) is 1. The second-order valence-corrected chi connectivity index (χ2v) is 21.0. The topological polar surface area (TPSA) is 231 Å². The number of ether oxygens (including phenoxy) is 2. The second-order valence-electron chi connectivity index (χ2n) is 21.0. The predicted octanol–water partition coefficient (Wildman–Crippen LogP) is 12.0. The minimum Gasteiger partial charge on any atom is -0.480 e. The summed E-state index contributed by atoms with van der Waals surface area (Å²) in [5.41, 5.74) is 0.372. The van der Waals surface area contributed by atoms with Gasteiger partial charge in [0.2, 0.25) is 5.91 Å². The van der Waals surface area contributed by atoms with Gasteiger partial charge in [0.05, 0.1) is 33.1 Å². The zero-order valence-electron chi connectivity index (χ0n) is 47.9. The molecule has 4 heterocycles. The monoisotopic (exact) mass is 1190 g/mol. The number of fused-ring (bicyclic) bond motifs is 2. The van der Waals surface area contributed by atoms with Crippen molar-refractivity contribution in [3.63, 3.8) is 0 Å². The van der Waals surface area contributed by atoms with Gasteiger partial charge < -0.3 is 45.2 Å². The molecule has 10 rings (SSSR count). The molecule has 6 aromatic rings. The number of para-hydroxylation sites is 2. The lowest BCUT2D eigenvalue weighted by atomic mass is 9.92. The van der Waals surface area contributed by atoms with Crippen LogP contribution in [-0.4, -0.2) is 132 Å². The van der Waals surface area contributed by atoms with Gasteiger partial charge >= 0.3 is 18.3 Å². The van der Waals surface area contributed by atoms with Gasteiger partial charge in [-0.25, -0.2) is 14.8 Å². The van der Waals surface area contributed by atoms with Gasteiger partial charge in [0.15, 0.2) is 0 Å². The number of nitrogens with zero attached hydrogens (tertiary/aromatic N) is 7. The van der Waals surface area contributed by atoms with E-state index in [-0.39, 0.29) is 54.8 Å². The molecule has 4 aliphatic rings. The first-order valence-electron chi connectivity index (χ1n) is 28.5. The predicted molar refractivity (Wildman–Crippen MR) is 313 cm³/mol. The number of carboxylic acids is 1. The number of nitro groups is 2. The summed E-state index contributed by atoms with van der Waals surface area (Å²) < 4.78 is 89.9. The number of nitrogens with one attached hydrogen (secondary N) is 3. The first-order chi connectivity index (χ1) is 40.6. The molecule has 2 aliphatic heterocycles. The van der Waals surface area contributed by atoms with Crippen LogP contribution < -0.4 is 25.8 Å². The van der Waals surface area contributed by atoms with Crippen molar-refractivity contribution in [2.75, 3.05) is 86.0 Å². The summed E-state index contributed by atoms with van der Waals surface area (Å²) in [5.74, 6) is 0.921. The van der Waals surface area contributed by atoms with Gasteiger partial charge in [0.1, 0.15) is 36.0 Å². The van der Waals surface area contributed by atoms with E-state index in [1.54, 1.807) is 0 Å². The van der Waals surface area contributed by atoms with Crippen LogP contribution in [-0.2, 0) is 31.4 Å². The van der Waals surface area contributed by atoms with Gasteiger partial charge in [0.25, 0.3) is 11.4 Å². The largest absolute Gasteiger partial charge is 0.480 e. The van der Waals surface area contributed by atoms with Crippen molar-refractivity contribution >= 4 is 68.1 Å². The molecular formula is C60H72F6N10O9. The van der Waals surface area contributed by atoms with Gasteiger partial charge in [-0.15, -0.1) is 0 Å². The van der Waals surface area contributed by atoms with E-state index in [0.717, 1.165) is 78.5 Å². The Morgan fingerprint density at radius 1 is 0.600 bits per heavy atom. The maximum atomic E-state index is 13.3. The standard InChI is InChI=1S/C29H32F3N5O4.C15H17F3N2O5.C14H17N3.C2H6/c1-19-16-27(34-25-5-3-2-4-23(19)25)35-12-14-36(15-13-35)28(38)18-41-22-9-6-20(7-10-22)33-21-8-11-26(37(39)40)24(17-21)29(30,31)32;16-15(17,18)12-7-10(3-6-13(12)20(23)24)19-9-1-4-11(5-2-9)25-8-14(21)22;1-11-10-14(17-8-6-15-7-9-17)16-13-5-3-2-4-12(11)13;1-2/h2-5,8,11,16-17,20,22,33H,6-7,9-10,12-15,18H2,1H3;3,6-7,9,11,19H,1-2,4-5,8H2,(H,21,22);2-5,10,15H,6-9H2,1H3;1-2H3. The fourth-order valence-corrected chi connectivity index (χ4v) is 10.8. The van der Waals surface area contributed by atoms with Crippen LogP contribution in [0.2, 0.25) is 0 Å². The highest BCUT2D eigenvalue weighted by Crippen LogP contribution is 2.40. The maximum absolute atomic E-state index is 13.3. The molecule has 2 aliphatic carbocycles. The molecule has 85 heavy (non-hydrogen) atoms. The maximum Gasteiger partial charge on any atom is 0.423 e. The number of hydrogen-bond donors (Lipinski definition) is 4. The van der Waals surface area contributed by atoms with Gasteiger partial charge in [-0.2, -0.15) is 26.3 Å². The number of piperazine rings is 2. The molecule has 2 saturated heterocycles. The van der Waals surface area contributed by atoms with Crippen molar-refractivity contribution in [1.82, 2.24) is 20.2 Å². The number of nitro benzene ring substituents is 2. The number of amides is 1. The fourth-order valence-electron chi connectivity index (χ4n) is 10.8. The van der Waals surface area contributed by atoms with Crippen LogP contribution in [0.15, 0.2) is 97.1 Å². The zero-order chi connectivity index (χ0) is 61.4. The van der Waals surface area contributed by atoms with Crippen LogP contribution >= 0.6 is 0 Å². The molecule has 4 fully saturated rings. The Bertz CT molecular complexity index is 3230. The highest BCUT2D eigenvalue weighted by atomic mass is 19.4. The lowest BCUT2D eigenvalue weighted by Crippen LogP contribution is -2.50. The number of anilines is 4. The number of aliphatic carboxylic acids is 1. The van der Waals surface area contributed by atoms with E-state index in [4.69, 9.17) is 24.5 Å². The number of pyridine rings is 2. The minimum atomic E-state index is -4.82. The van der Waals surface area contributed by atoms with Crippen LogP contribution in [0.4, 0.5) is 60.7 Å². The number of carbonyl (C=O) groups is 2. The van der Waals surface area contributed by atoms with Crippen molar-refractivity contribution < 1.29 is 60.4 Å². The molecule has 1 amide bonds. The second kappa shape index (κ2) is 29.8. The van der Waals surface area contributed by atoms with Crippen LogP contribution in [0, 0.1) is 34.1 Å². The molecule has 0 unspecified atom stereocenters. The smallest absolute Gasteiger partial charge is 0.423 e. The van der Waals surface area contributed by atoms with Crippen LogP contribution in [0.1, 0.15) is 87.5 Å². The Kier molecular flexibility index (Phi) is 22.6. The van der Waals surface area contributed by atoms with E-state index in [2.05, 4.69) is 82.1 Å². The van der Waals surface area contributed by atoms with E-state index in [0.29, 0.717) is 77.5 Å². The van der Waals surface area contributed by atoms with E-state index in [9.17, 15) is 56.2 Å². The number of halogens is 6. The SMILES string of the molecule is CC.Cc1cc(N2CCN(C(=O)COC3CCC(Nc4ccc([N+](=O)[O-])c(C(F)(F)F)c4)CC3)CC2)nc2ccccc12.Cc1cc(N2CCNCC2)nc2ccccc12.O=C(O)COC1CCC(Nc2ccc([N+](=O)[O-])c(C(F)(F)F)c2)CC1. The molecule has 2 aromatic heterocycles. The summed E-state index contributed by atoms with van der Waals surface area (Å²) in [6.07, 6.45) is -4.95. The van der Waals surface area contributed by atoms with Gasteiger partial charge in [-0.1, -0.05) is 50.2 Å². The molecule has 19 nitrogen and oxygen atoms in total. The van der Waals surface area contributed by atoms with Crippen molar-refractivity contribution in [3.8, 4) is 0 Å². The molecule has 0 radical (unpaired) electrons. The Labute approximate surface area is 488 Å². The summed E-state index contributed by atoms with van der Waals surface area (Å²) in [7, 11) is 0. The fraction of sp³-hybridized carbons (Fsp3) is 0.467. The van der Waals surface area contributed by atoms with Crippen molar-refractivity contribution in [3.05, 3.63) is 140 Å². The molecule has 2 saturated carbocycles. The number of hydrogen-bond acceptors (Lipinski definition) is 15. The summed E-state index contributed by atoms with van der Waals surface area (Å²) in [6, 6.07) is 26.3. The summed E-state index contributed by atoms with van der Waals surface area (Å²) in [6.45, 7) is 14.6. The Balaban J connectivity index is 0.000000199. The minimum absolute atomic E-state index is 0.00656. The first kappa shape index (κ1) is 64.7. The third-order valence-corrected chi connectivity index (χ3v) is 15.2. The number of benzene rings is 4. The molecular weight excluding hydrogens is 1120 g/mol. The van der Waals surface area contributed by atoms with Crippen molar-refractivity contribution in [2.24, 2.45) is 0 Å². The van der Waals surface area contributed by atoms with Crippen LogP contribution in [0.25, 0.3) is 21.8 Å². The molecule has 4 aromatic carbocycles. The third kappa shape index (κ3) is 18.1. The number of aryl methyl sites for hydroxylation is 2. The number of rotatable bonds is 14. The molecule has 0 bridgehead atoms. The third-order valence-electron chi connectivity index (χ3n) is 15.2. The van der Waals surface area contributed by atoms with Crippen molar-refractivity contribution in [2.45, 2.75) is 116 Å². The summed E-state index contributed by atoms with van der Waals surface area (Å²) in [4.78, 5) is 58.8.